The van der Waals surface area contributed by atoms with Crippen LogP contribution in [0, 0.1) is 0 Å². The first-order chi connectivity index (χ1) is 15.1. The van der Waals surface area contributed by atoms with Crippen molar-refractivity contribution in [1.82, 2.24) is 4.98 Å². The zero-order chi connectivity index (χ0) is 21.4. The Morgan fingerprint density at radius 1 is 1.00 bits per heavy atom. The van der Waals surface area contributed by atoms with Crippen LogP contribution < -0.4 is 10.1 Å². The topological polar surface area (TPSA) is 64.4 Å². The van der Waals surface area contributed by atoms with Gasteiger partial charge in [-0.05, 0) is 47.9 Å². The van der Waals surface area contributed by atoms with Crippen molar-refractivity contribution < 1.29 is 13.9 Å². The van der Waals surface area contributed by atoms with Crippen LogP contribution in [0.2, 0.25) is 5.02 Å². The van der Waals surface area contributed by atoms with Gasteiger partial charge in [0.15, 0.2) is 5.58 Å². The minimum Gasteiger partial charge on any atom is -0.496 e. The number of rotatable bonds is 4. The summed E-state index contributed by atoms with van der Waals surface area (Å²) in [5.41, 5.74) is 3.25. The molecule has 0 aliphatic carbocycles. The van der Waals surface area contributed by atoms with E-state index in [1.165, 1.54) is 7.11 Å². The van der Waals surface area contributed by atoms with Crippen LogP contribution in [-0.2, 0) is 0 Å². The Kier molecular flexibility index (Phi) is 4.81. The summed E-state index contributed by atoms with van der Waals surface area (Å²) < 4.78 is 11.3. The van der Waals surface area contributed by atoms with Gasteiger partial charge in [0.1, 0.15) is 11.3 Å². The molecule has 1 aromatic heterocycles. The van der Waals surface area contributed by atoms with Crippen LogP contribution in [0.25, 0.3) is 33.3 Å². The summed E-state index contributed by atoms with van der Waals surface area (Å²) in [5.74, 6) is 0.617. The molecular weight excluding hydrogens is 412 g/mol. The summed E-state index contributed by atoms with van der Waals surface area (Å²) in [4.78, 5) is 17.5. The highest BCUT2D eigenvalue weighted by Crippen LogP contribution is 2.31. The van der Waals surface area contributed by atoms with Crippen molar-refractivity contribution in [2.24, 2.45) is 0 Å². The van der Waals surface area contributed by atoms with E-state index >= 15 is 0 Å². The first kappa shape index (κ1) is 19.2. The number of halogens is 1. The average Bonchev–Trinajstić information content (AvgIpc) is 3.24. The molecule has 0 saturated heterocycles. The lowest BCUT2D eigenvalue weighted by atomic mass is 10.1. The number of nitrogens with one attached hydrogen (secondary N) is 1. The van der Waals surface area contributed by atoms with Gasteiger partial charge in [-0.3, -0.25) is 4.79 Å². The lowest BCUT2D eigenvalue weighted by Crippen LogP contribution is -2.13. The van der Waals surface area contributed by atoms with E-state index in [4.69, 9.17) is 25.7 Å². The van der Waals surface area contributed by atoms with Gasteiger partial charge in [0.05, 0.1) is 12.7 Å². The molecule has 4 aromatic carbocycles. The van der Waals surface area contributed by atoms with E-state index in [2.05, 4.69) is 5.32 Å². The van der Waals surface area contributed by atoms with E-state index in [9.17, 15) is 4.79 Å². The highest BCUT2D eigenvalue weighted by Gasteiger charge is 2.15. The number of hydrogen-bond acceptors (Lipinski definition) is 4. The summed E-state index contributed by atoms with van der Waals surface area (Å²) >= 11 is 6.05. The SMILES string of the molecule is COc1ccc(Cl)cc1C(=O)Nc1cccc(-c2nc3c(ccc4ccccc43)o2)c1. The van der Waals surface area contributed by atoms with Crippen molar-refractivity contribution in [2.75, 3.05) is 12.4 Å². The Labute approximate surface area is 183 Å². The quantitative estimate of drug-likeness (QED) is 0.352. The molecule has 1 amide bonds. The first-order valence-corrected chi connectivity index (χ1v) is 10.0. The third-order valence-electron chi connectivity index (χ3n) is 5.06. The summed E-state index contributed by atoms with van der Waals surface area (Å²) in [6.07, 6.45) is 0. The minimum atomic E-state index is -0.319. The number of carbonyl (C=O) groups excluding carboxylic acids is 1. The molecule has 0 atom stereocenters. The fourth-order valence-electron chi connectivity index (χ4n) is 3.57. The predicted octanol–water partition coefficient (Wildman–Crippen LogP) is 6.56. The smallest absolute Gasteiger partial charge is 0.259 e. The van der Waals surface area contributed by atoms with Gasteiger partial charge >= 0.3 is 0 Å². The molecule has 0 spiro atoms. The van der Waals surface area contributed by atoms with Crippen molar-refractivity contribution >= 4 is 45.1 Å². The van der Waals surface area contributed by atoms with E-state index < -0.39 is 0 Å². The molecule has 6 heteroatoms. The van der Waals surface area contributed by atoms with Crippen LogP contribution >= 0.6 is 11.6 Å². The third kappa shape index (κ3) is 3.60. The highest BCUT2D eigenvalue weighted by atomic mass is 35.5. The fraction of sp³-hybridized carbons (Fsp3) is 0.0400. The summed E-state index contributed by atoms with van der Waals surface area (Å²) in [6.45, 7) is 0. The molecule has 0 aliphatic heterocycles. The number of oxazole rings is 1. The molecular formula is C25H17ClN2O3. The van der Waals surface area contributed by atoms with Crippen LogP contribution in [0.1, 0.15) is 10.4 Å². The van der Waals surface area contributed by atoms with Crippen LogP contribution in [0.4, 0.5) is 5.69 Å². The van der Waals surface area contributed by atoms with Gasteiger partial charge < -0.3 is 14.5 Å². The van der Waals surface area contributed by atoms with Crippen molar-refractivity contribution in [1.29, 1.82) is 0 Å². The number of anilines is 1. The van der Waals surface area contributed by atoms with E-state index in [1.807, 2.05) is 54.6 Å². The second-order valence-electron chi connectivity index (χ2n) is 7.03. The van der Waals surface area contributed by atoms with Crippen molar-refractivity contribution in [3.63, 3.8) is 0 Å². The number of hydrogen-bond donors (Lipinski definition) is 1. The largest absolute Gasteiger partial charge is 0.496 e. The third-order valence-corrected chi connectivity index (χ3v) is 5.29. The Morgan fingerprint density at radius 2 is 1.87 bits per heavy atom. The second-order valence-corrected chi connectivity index (χ2v) is 7.47. The van der Waals surface area contributed by atoms with Crippen molar-refractivity contribution in [3.05, 3.63) is 89.4 Å². The maximum atomic E-state index is 12.8. The maximum Gasteiger partial charge on any atom is 0.259 e. The minimum absolute atomic E-state index is 0.319. The second kappa shape index (κ2) is 7.78. The fourth-order valence-corrected chi connectivity index (χ4v) is 3.74. The van der Waals surface area contributed by atoms with Crippen molar-refractivity contribution in [2.45, 2.75) is 0 Å². The monoisotopic (exact) mass is 428 g/mol. The molecule has 0 unspecified atom stereocenters. The molecule has 5 aromatic rings. The molecule has 1 N–H and O–H groups in total. The van der Waals surface area contributed by atoms with Gasteiger partial charge in [-0.15, -0.1) is 0 Å². The average molecular weight is 429 g/mol. The normalized spacial score (nSPS) is 11.0. The van der Waals surface area contributed by atoms with E-state index in [0.29, 0.717) is 33.5 Å². The zero-order valence-corrected chi connectivity index (χ0v) is 17.3. The van der Waals surface area contributed by atoms with Gasteiger partial charge in [0.2, 0.25) is 5.89 Å². The number of fused-ring (bicyclic) bond motifs is 3. The first-order valence-electron chi connectivity index (χ1n) is 9.66. The van der Waals surface area contributed by atoms with E-state index in [1.54, 1.807) is 24.3 Å². The number of carbonyl (C=O) groups is 1. The number of amides is 1. The lowest BCUT2D eigenvalue weighted by Gasteiger charge is -2.10. The summed E-state index contributed by atoms with van der Waals surface area (Å²) in [7, 11) is 1.51. The maximum absolute atomic E-state index is 12.8. The van der Waals surface area contributed by atoms with Gasteiger partial charge in [0, 0.05) is 21.7 Å². The van der Waals surface area contributed by atoms with Gasteiger partial charge in [0.25, 0.3) is 5.91 Å². The van der Waals surface area contributed by atoms with E-state index in [-0.39, 0.29) is 5.91 Å². The van der Waals surface area contributed by atoms with Crippen LogP contribution in [0.3, 0.4) is 0 Å². The van der Waals surface area contributed by atoms with Crippen LogP contribution in [0.5, 0.6) is 5.75 Å². The highest BCUT2D eigenvalue weighted by molar-refractivity contribution is 6.31. The lowest BCUT2D eigenvalue weighted by molar-refractivity contribution is 0.102. The summed E-state index contributed by atoms with van der Waals surface area (Å²) in [6, 6.07) is 24.3. The molecule has 1 heterocycles. The molecule has 0 bridgehead atoms. The Bertz CT molecular complexity index is 1440. The molecule has 5 nitrogen and oxygen atoms in total. The van der Waals surface area contributed by atoms with Crippen molar-refractivity contribution in [3.8, 4) is 17.2 Å². The van der Waals surface area contributed by atoms with Crippen LogP contribution in [-0.4, -0.2) is 18.0 Å². The number of methoxy groups -OCH3 is 1. The molecule has 0 radical (unpaired) electrons. The Hall–Kier alpha value is -3.83. The number of aromatic nitrogens is 1. The number of benzene rings is 4. The Morgan fingerprint density at radius 3 is 2.74 bits per heavy atom. The van der Waals surface area contributed by atoms with Crippen LogP contribution in [0.15, 0.2) is 83.3 Å². The molecule has 0 saturated carbocycles. The molecule has 152 valence electrons. The summed E-state index contributed by atoms with van der Waals surface area (Å²) in [5, 5.41) is 5.48. The molecule has 0 fully saturated rings. The van der Waals surface area contributed by atoms with E-state index in [0.717, 1.165) is 21.9 Å². The predicted molar refractivity (Wildman–Crippen MR) is 123 cm³/mol. The number of ether oxygens (including phenoxy) is 1. The van der Waals surface area contributed by atoms with Gasteiger partial charge in [-0.2, -0.15) is 0 Å². The Balaban J connectivity index is 1.49. The van der Waals surface area contributed by atoms with Gasteiger partial charge in [-0.25, -0.2) is 4.98 Å². The van der Waals surface area contributed by atoms with Gasteiger partial charge in [-0.1, -0.05) is 48.0 Å². The molecule has 5 rings (SSSR count). The zero-order valence-electron chi connectivity index (χ0n) is 16.6. The number of nitrogens with zero attached hydrogens (tertiary/aromatic N) is 1. The molecule has 31 heavy (non-hydrogen) atoms. The molecule has 0 aliphatic rings. The standard InChI is InChI=1S/C25H17ClN2O3/c1-30-21-12-10-17(26)14-20(21)24(29)27-18-7-4-6-16(13-18)25-28-23-19-8-3-2-5-15(19)9-11-22(23)31-25/h2-14H,1H3,(H,27,29).